The number of ketones is 1. The Hall–Kier alpha value is -1.78. The van der Waals surface area contributed by atoms with Gasteiger partial charge in [0, 0.05) is 56.0 Å². The van der Waals surface area contributed by atoms with Crippen LogP contribution in [0.4, 0.5) is 0 Å². The molecule has 60 heavy (non-hydrogen) atoms. The molecule has 19 atom stereocenters. The summed E-state index contributed by atoms with van der Waals surface area (Å²) >= 11 is 0. The third-order valence-electron chi connectivity index (χ3n) is 15.3. The van der Waals surface area contributed by atoms with Gasteiger partial charge in [0.15, 0.2) is 29.4 Å². The Morgan fingerprint density at radius 3 is 2.25 bits per heavy atom. The maximum absolute atomic E-state index is 13.2. The monoisotopic (exact) mass is 849 g/mol. The molecule has 342 valence electrons. The van der Waals surface area contributed by atoms with E-state index in [2.05, 4.69) is 20.8 Å². The standard InChI is InChI=1S/C47H76O13/c1-25(40(49)26(2)20-29(5)43(50)51)19-27(3)41-32(8)35(48)23-46(59-41)18-17-44(10,60-46)38-15-13-34(24-54-39-16-14-36(53-12)33(9)55-39)47(57-38)31(7)22-37(56-47)42-28(4)21-30(6)45(11,52)58-42/h19-20,27-39,41-42,48,52H,13-18,21-24H2,1-12H3,(H,50,51)/b25-19+,26-20+/t27-,28-,29-,30+,31-,32+,33+,34-,35-,36-,37?,38?,39+,41?,42?,44-,45-,46?,47?/m0/s1. The normalized spacial score (nSPS) is 47.7. The second kappa shape index (κ2) is 18.4. The quantitative estimate of drug-likeness (QED) is 0.170. The van der Waals surface area contributed by atoms with Gasteiger partial charge in [-0.25, -0.2) is 0 Å². The molecule has 3 N–H and O–H groups in total. The average Bonchev–Trinajstić information content (AvgIpc) is 3.69. The lowest BCUT2D eigenvalue weighted by atomic mass is 9.77. The molecule has 6 unspecified atom stereocenters. The van der Waals surface area contributed by atoms with Crippen LogP contribution in [0.5, 0.6) is 0 Å². The van der Waals surface area contributed by atoms with Gasteiger partial charge in [-0.2, -0.15) is 0 Å². The molecule has 2 spiro atoms. The summed E-state index contributed by atoms with van der Waals surface area (Å²) in [6.07, 6.45) is 6.94. The minimum Gasteiger partial charge on any atom is -0.481 e. The number of hydrogen-bond donors (Lipinski definition) is 3. The molecular formula is C47H76O13. The minimum absolute atomic E-state index is 0.00952. The van der Waals surface area contributed by atoms with Gasteiger partial charge in [-0.15, -0.1) is 0 Å². The van der Waals surface area contributed by atoms with Gasteiger partial charge in [-0.05, 0) is 97.1 Å². The second-order valence-corrected chi connectivity index (χ2v) is 20.2. The number of carboxylic acid groups (broad SMARTS) is 1. The fourth-order valence-corrected chi connectivity index (χ4v) is 11.3. The highest BCUT2D eigenvalue weighted by Gasteiger charge is 2.64. The summed E-state index contributed by atoms with van der Waals surface area (Å²) in [6, 6.07) is 0. The number of aliphatic hydroxyl groups excluding tert-OH is 1. The van der Waals surface area contributed by atoms with Crippen molar-refractivity contribution in [3.63, 3.8) is 0 Å². The number of Topliss-reactive ketones (excluding diaryl/α,β-unsaturated/α-hetero) is 1. The molecule has 0 aliphatic carbocycles. The van der Waals surface area contributed by atoms with E-state index < -0.39 is 47.1 Å². The number of aliphatic hydroxyl groups is 2. The van der Waals surface area contributed by atoms with Crippen molar-refractivity contribution in [2.24, 2.45) is 41.4 Å². The number of carboxylic acids is 1. The Bertz CT molecular complexity index is 1600. The Morgan fingerprint density at radius 2 is 1.58 bits per heavy atom. The molecule has 6 aliphatic heterocycles. The molecule has 0 saturated carbocycles. The van der Waals surface area contributed by atoms with E-state index in [4.69, 9.17) is 37.9 Å². The molecule has 13 nitrogen and oxygen atoms in total. The van der Waals surface area contributed by atoms with Crippen LogP contribution in [0.15, 0.2) is 23.3 Å². The Morgan fingerprint density at radius 1 is 0.883 bits per heavy atom. The van der Waals surface area contributed by atoms with Crippen molar-refractivity contribution in [2.45, 2.75) is 206 Å². The third kappa shape index (κ3) is 9.66. The summed E-state index contributed by atoms with van der Waals surface area (Å²) in [5, 5.41) is 32.1. The lowest BCUT2D eigenvalue weighted by Crippen LogP contribution is -2.60. The van der Waals surface area contributed by atoms with E-state index in [1.165, 1.54) is 6.08 Å². The van der Waals surface area contributed by atoms with Crippen LogP contribution in [0.2, 0.25) is 0 Å². The van der Waals surface area contributed by atoms with Gasteiger partial charge >= 0.3 is 5.97 Å². The van der Waals surface area contributed by atoms with Crippen molar-refractivity contribution in [3.8, 4) is 0 Å². The topological polar surface area (TPSA) is 169 Å². The van der Waals surface area contributed by atoms with Crippen molar-refractivity contribution in [3.05, 3.63) is 23.3 Å². The van der Waals surface area contributed by atoms with E-state index in [9.17, 15) is 24.9 Å². The zero-order chi connectivity index (χ0) is 44.1. The van der Waals surface area contributed by atoms with Crippen molar-refractivity contribution in [1.82, 2.24) is 0 Å². The third-order valence-corrected chi connectivity index (χ3v) is 15.3. The largest absolute Gasteiger partial charge is 0.481 e. The van der Waals surface area contributed by atoms with Crippen LogP contribution in [-0.4, -0.2) is 113 Å². The van der Waals surface area contributed by atoms with E-state index in [0.717, 1.165) is 25.7 Å². The lowest BCUT2D eigenvalue weighted by molar-refractivity contribution is -0.377. The number of rotatable bonds is 12. The van der Waals surface area contributed by atoms with E-state index >= 15 is 0 Å². The number of ether oxygens (including phenoxy) is 8. The molecular weight excluding hydrogens is 773 g/mol. The molecule has 6 heterocycles. The number of aliphatic carboxylic acids is 1. The highest BCUT2D eigenvalue weighted by Crippen LogP contribution is 2.56. The number of hydrogen-bond acceptors (Lipinski definition) is 12. The average molecular weight is 849 g/mol. The van der Waals surface area contributed by atoms with Crippen molar-refractivity contribution in [2.75, 3.05) is 13.7 Å². The summed E-state index contributed by atoms with van der Waals surface area (Å²) in [4.78, 5) is 24.6. The highest BCUT2D eigenvalue weighted by molar-refractivity contribution is 6.07. The minimum atomic E-state index is -1.26. The van der Waals surface area contributed by atoms with E-state index in [0.29, 0.717) is 49.9 Å². The van der Waals surface area contributed by atoms with E-state index in [1.807, 2.05) is 33.8 Å². The van der Waals surface area contributed by atoms with Gasteiger partial charge in [0.1, 0.15) is 0 Å². The molecule has 6 rings (SSSR count). The first kappa shape index (κ1) is 47.7. The zero-order valence-corrected chi connectivity index (χ0v) is 38.3. The fraction of sp³-hybridized carbons (Fsp3) is 0.872. The van der Waals surface area contributed by atoms with Crippen LogP contribution in [-0.2, 0) is 47.5 Å². The molecule has 6 fully saturated rings. The van der Waals surface area contributed by atoms with Gasteiger partial charge in [0.25, 0.3) is 0 Å². The van der Waals surface area contributed by atoms with Gasteiger partial charge in [-0.1, -0.05) is 46.8 Å². The Kier molecular flexibility index (Phi) is 14.6. The molecule has 0 aromatic heterocycles. The maximum atomic E-state index is 13.2. The predicted molar refractivity (Wildman–Crippen MR) is 222 cm³/mol. The Labute approximate surface area is 358 Å². The van der Waals surface area contributed by atoms with Crippen LogP contribution < -0.4 is 0 Å². The molecule has 0 amide bonds. The first-order valence-electron chi connectivity index (χ1n) is 22.8. The Balaban J connectivity index is 1.20. The SMILES string of the molecule is CO[C@H]1CC[C@H](OC[C@@H]2CCC([C@]3(C)CCC4(C[C@H](O)[C@@H](C)C([C@@H](C)/C=C(\C)C(=O)/C(C)=C/[C@H](C)C(=O)O)O4)O3)OC23OC(C2O[C@](C)(O)[C@H](C)C[C@@H]2C)C[C@@H]3C)O[C@@H]1C. The number of methoxy groups -OCH3 is 1. The summed E-state index contributed by atoms with van der Waals surface area (Å²) in [5.41, 5.74) is 0.109. The first-order valence-corrected chi connectivity index (χ1v) is 22.8. The van der Waals surface area contributed by atoms with E-state index in [1.54, 1.807) is 34.8 Å². The lowest BCUT2D eigenvalue weighted by Gasteiger charge is -2.52. The van der Waals surface area contributed by atoms with Gasteiger partial charge < -0.3 is 53.2 Å². The van der Waals surface area contributed by atoms with Crippen LogP contribution in [0.25, 0.3) is 0 Å². The van der Waals surface area contributed by atoms with E-state index in [-0.39, 0.29) is 78.1 Å². The molecule has 0 aromatic carbocycles. The second-order valence-electron chi connectivity index (χ2n) is 20.2. The predicted octanol–water partition coefficient (Wildman–Crippen LogP) is 7.10. The molecule has 6 saturated heterocycles. The summed E-state index contributed by atoms with van der Waals surface area (Å²) in [6.45, 7) is 21.5. The summed E-state index contributed by atoms with van der Waals surface area (Å²) < 4.78 is 53.4. The number of carbonyl (C=O) groups excluding carboxylic acids is 1. The summed E-state index contributed by atoms with van der Waals surface area (Å²) in [7, 11) is 1.72. The van der Waals surface area contributed by atoms with Gasteiger partial charge in [-0.3, -0.25) is 9.59 Å². The molecule has 0 aromatic rings. The zero-order valence-electron chi connectivity index (χ0n) is 38.3. The van der Waals surface area contributed by atoms with Crippen molar-refractivity contribution in [1.29, 1.82) is 0 Å². The molecule has 6 aliphatic rings. The van der Waals surface area contributed by atoms with Crippen LogP contribution in [0.3, 0.4) is 0 Å². The number of carbonyl (C=O) groups is 2. The maximum Gasteiger partial charge on any atom is 0.310 e. The molecule has 13 heteroatoms. The van der Waals surface area contributed by atoms with Crippen molar-refractivity contribution >= 4 is 11.8 Å². The van der Waals surface area contributed by atoms with Crippen molar-refractivity contribution < 1.29 is 62.8 Å². The smallest absolute Gasteiger partial charge is 0.310 e. The number of allylic oxidation sites excluding steroid dienone is 2. The van der Waals surface area contributed by atoms with Gasteiger partial charge in [0.2, 0.25) is 0 Å². The van der Waals surface area contributed by atoms with Crippen LogP contribution >= 0.6 is 0 Å². The van der Waals surface area contributed by atoms with Crippen LogP contribution in [0, 0.1) is 41.4 Å². The summed E-state index contributed by atoms with van der Waals surface area (Å²) in [5.74, 6) is -5.75. The first-order chi connectivity index (χ1) is 28.0. The highest BCUT2D eigenvalue weighted by atomic mass is 16.8. The fourth-order valence-electron chi connectivity index (χ4n) is 11.3. The van der Waals surface area contributed by atoms with Gasteiger partial charge in [0.05, 0.1) is 60.9 Å². The van der Waals surface area contributed by atoms with Crippen LogP contribution in [0.1, 0.15) is 134 Å². The molecule has 0 bridgehead atoms. The molecule has 0 radical (unpaired) electrons.